The Balaban J connectivity index is -0.000000350. The third kappa shape index (κ3) is 11.2. The van der Waals surface area contributed by atoms with Crippen LogP contribution < -0.4 is 10.6 Å². The lowest BCUT2D eigenvalue weighted by molar-refractivity contribution is 0.508. The second kappa shape index (κ2) is 12.9. The predicted octanol–water partition coefficient (Wildman–Crippen LogP) is 4.43. The van der Waals surface area contributed by atoms with E-state index in [0.717, 1.165) is 38.0 Å². The van der Waals surface area contributed by atoms with Crippen molar-refractivity contribution in [1.82, 2.24) is 15.6 Å². The Kier molecular flexibility index (Phi) is 12.1. The fourth-order valence-corrected chi connectivity index (χ4v) is 1.91. The lowest BCUT2D eigenvalue weighted by atomic mass is 10.1. The van der Waals surface area contributed by atoms with Crippen molar-refractivity contribution in [3.63, 3.8) is 0 Å². The average molecular weight is 337 g/mol. The van der Waals surface area contributed by atoms with Gasteiger partial charge in [-0.15, -0.1) is 0 Å². The van der Waals surface area contributed by atoms with Crippen LogP contribution in [0, 0.1) is 16.7 Å². The Morgan fingerprint density at radius 1 is 1.17 bits per heavy atom. The molecule has 2 rings (SSSR count). The number of aromatic nitrogens is 1. The molecule has 24 heavy (non-hydrogen) atoms. The van der Waals surface area contributed by atoms with Crippen molar-refractivity contribution < 1.29 is 2.85 Å². The zero-order chi connectivity index (χ0) is 18.4. The quantitative estimate of drug-likeness (QED) is 0.773. The monoisotopic (exact) mass is 336 g/mol. The number of nitrogens with one attached hydrogen (secondary N) is 2. The minimum Gasteiger partial charge on any atom is -0.314 e. The molecule has 4 heteroatoms. The molecule has 0 unspecified atom stereocenters. The van der Waals surface area contributed by atoms with Gasteiger partial charge in [-0.2, -0.15) is 5.26 Å². The third-order valence-corrected chi connectivity index (χ3v) is 3.60. The molecule has 0 atom stereocenters. The molecule has 1 aromatic heterocycles. The Hall–Kier alpha value is -1.44. The molecule has 1 fully saturated rings. The molecule has 1 aliphatic carbocycles. The van der Waals surface area contributed by atoms with Gasteiger partial charge in [0.05, 0.1) is 11.5 Å². The van der Waals surface area contributed by atoms with Crippen LogP contribution >= 0.6 is 0 Å². The van der Waals surface area contributed by atoms with Crippen molar-refractivity contribution in [2.24, 2.45) is 5.41 Å². The third-order valence-electron chi connectivity index (χ3n) is 3.60. The van der Waals surface area contributed by atoms with Gasteiger partial charge < -0.3 is 10.6 Å². The first kappa shape index (κ1) is 22.6. The maximum atomic E-state index is 8.68. The molecule has 4 nitrogen and oxygen atoms in total. The summed E-state index contributed by atoms with van der Waals surface area (Å²) in [5.74, 6) is 0. The van der Waals surface area contributed by atoms with Gasteiger partial charge in [0, 0.05) is 46.3 Å². The van der Waals surface area contributed by atoms with Crippen LogP contribution in [-0.2, 0) is 6.42 Å². The first-order chi connectivity index (χ1) is 11.5. The topological polar surface area (TPSA) is 60.7 Å². The second-order valence-corrected chi connectivity index (χ2v) is 6.61. The van der Waals surface area contributed by atoms with E-state index < -0.39 is 0 Å². The van der Waals surface area contributed by atoms with Gasteiger partial charge in [0.1, 0.15) is 0 Å². The highest BCUT2D eigenvalue weighted by atomic mass is 14.9. The summed E-state index contributed by atoms with van der Waals surface area (Å²) in [7, 11) is 0. The Morgan fingerprint density at radius 2 is 1.79 bits per heavy atom. The van der Waals surface area contributed by atoms with Crippen LogP contribution in [0.2, 0.25) is 0 Å². The molecular formula is C20H40N4. The number of pyridine rings is 1. The van der Waals surface area contributed by atoms with E-state index in [-0.39, 0.29) is 8.27 Å². The van der Waals surface area contributed by atoms with Crippen molar-refractivity contribution in [3.8, 4) is 6.07 Å². The largest absolute Gasteiger partial charge is 0.314 e. The van der Waals surface area contributed by atoms with Crippen LogP contribution in [0.25, 0.3) is 0 Å². The summed E-state index contributed by atoms with van der Waals surface area (Å²) < 4.78 is 0. The summed E-state index contributed by atoms with van der Waals surface area (Å²) in [6.07, 6.45) is 5.02. The molecule has 0 spiro atoms. The average Bonchev–Trinajstić information content (AvgIpc) is 3.37. The number of hydrogen-bond acceptors (Lipinski definition) is 4. The Morgan fingerprint density at radius 3 is 2.21 bits per heavy atom. The van der Waals surface area contributed by atoms with Gasteiger partial charge in [-0.1, -0.05) is 47.6 Å². The smallest absolute Gasteiger partial charge is 0.0703 e. The van der Waals surface area contributed by atoms with Gasteiger partial charge in [0.15, 0.2) is 0 Å². The molecule has 1 saturated carbocycles. The zero-order valence-corrected chi connectivity index (χ0v) is 16.4. The lowest BCUT2D eigenvalue weighted by Gasteiger charge is -2.10. The SMILES string of the molecule is CC.CC(C)NCC1(C#N)CC1.CC(C)NCCc1ccccn1.[HH].[HH]. The summed E-state index contributed by atoms with van der Waals surface area (Å²) in [4.78, 5) is 4.24. The standard InChI is InChI=1S/C10H16N2.C8H14N2.C2H6.2H2/c1-9(2)11-8-6-10-5-3-4-7-12-10;1-7(2)10-6-8(5-9)3-4-8;1-2;;/h3-5,7,9,11H,6,8H2,1-2H3;7,10H,3-4,6H2,1-2H3;1-2H3;2*1H. The Bertz CT molecular complexity index is 455. The van der Waals surface area contributed by atoms with Gasteiger partial charge in [-0.05, 0) is 25.0 Å². The van der Waals surface area contributed by atoms with Crippen molar-refractivity contribution in [2.75, 3.05) is 13.1 Å². The van der Waals surface area contributed by atoms with Gasteiger partial charge in [-0.3, -0.25) is 4.98 Å². The number of rotatable bonds is 7. The van der Waals surface area contributed by atoms with E-state index in [4.69, 9.17) is 5.26 Å². The van der Waals surface area contributed by atoms with E-state index in [1.165, 1.54) is 0 Å². The van der Waals surface area contributed by atoms with Gasteiger partial charge >= 0.3 is 0 Å². The highest BCUT2D eigenvalue weighted by Gasteiger charge is 2.42. The van der Waals surface area contributed by atoms with Crippen LogP contribution in [0.5, 0.6) is 0 Å². The normalized spacial score (nSPS) is 14.1. The van der Waals surface area contributed by atoms with Crippen LogP contribution in [0.3, 0.4) is 0 Å². The Labute approximate surface area is 152 Å². The van der Waals surface area contributed by atoms with Crippen LogP contribution in [0.15, 0.2) is 24.4 Å². The van der Waals surface area contributed by atoms with E-state index in [2.05, 4.69) is 55.4 Å². The van der Waals surface area contributed by atoms with Crippen LogP contribution in [0.1, 0.15) is 62.9 Å². The summed E-state index contributed by atoms with van der Waals surface area (Å²) in [5.41, 5.74) is 1.18. The van der Waals surface area contributed by atoms with Gasteiger partial charge in [0.25, 0.3) is 0 Å². The fraction of sp³-hybridized carbons (Fsp3) is 0.700. The first-order valence-corrected chi connectivity index (χ1v) is 9.25. The highest BCUT2D eigenvalue weighted by molar-refractivity contribution is 5.11. The van der Waals surface area contributed by atoms with Crippen molar-refractivity contribution in [3.05, 3.63) is 30.1 Å². The molecule has 1 heterocycles. The molecule has 0 bridgehead atoms. The first-order valence-electron chi connectivity index (χ1n) is 9.25. The van der Waals surface area contributed by atoms with Crippen LogP contribution in [0.4, 0.5) is 0 Å². The van der Waals surface area contributed by atoms with Gasteiger partial charge in [-0.25, -0.2) is 0 Å². The molecule has 0 saturated heterocycles. The summed E-state index contributed by atoms with van der Waals surface area (Å²) in [5, 5.41) is 15.3. The number of nitrogens with zero attached hydrogens (tertiary/aromatic N) is 2. The molecular weight excluding hydrogens is 296 g/mol. The fourth-order valence-electron chi connectivity index (χ4n) is 1.91. The molecule has 2 N–H and O–H groups in total. The maximum absolute atomic E-state index is 8.68. The summed E-state index contributed by atoms with van der Waals surface area (Å²) >= 11 is 0. The predicted molar refractivity (Wildman–Crippen MR) is 107 cm³/mol. The molecule has 0 aliphatic heterocycles. The molecule has 1 aliphatic rings. The molecule has 0 aromatic carbocycles. The van der Waals surface area contributed by atoms with E-state index in [1.54, 1.807) is 0 Å². The molecule has 0 amide bonds. The van der Waals surface area contributed by atoms with Crippen LogP contribution in [-0.4, -0.2) is 30.2 Å². The molecule has 140 valence electrons. The minimum absolute atomic E-state index is 0. The van der Waals surface area contributed by atoms with E-state index in [9.17, 15) is 0 Å². The second-order valence-electron chi connectivity index (χ2n) is 6.61. The summed E-state index contributed by atoms with van der Waals surface area (Å²) in [6, 6.07) is 9.44. The minimum atomic E-state index is 0. The lowest BCUT2D eigenvalue weighted by Crippen LogP contribution is -2.29. The number of hydrogen-bond donors (Lipinski definition) is 2. The maximum Gasteiger partial charge on any atom is 0.0703 e. The van der Waals surface area contributed by atoms with E-state index >= 15 is 0 Å². The highest BCUT2D eigenvalue weighted by Crippen LogP contribution is 2.44. The van der Waals surface area contributed by atoms with Crippen molar-refractivity contribution in [1.29, 1.82) is 5.26 Å². The summed E-state index contributed by atoms with van der Waals surface area (Å²) in [6.45, 7) is 14.4. The zero-order valence-electron chi connectivity index (χ0n) is 16.4. The number of nitriles is 1. The molecule has 0 radical (unpaired) electrons. The van der Waals surface area contributed by atoms with Crippen molar-refractivity contribution >= 4 is 0 Å². The molecule has 1 aromatic rings. The van der Waals surface area contributed by atoms with E-state index in [0.29, 0.717) is 12.1 Å². The van der Waals surface area contributed by atoms with Gasteiger partial charge in [0.2, 0.25) is 0 Å². The van der Waals surface area contributed by atoms with E-state index in [1.807, 2.05) is 32.2 Å². The van der Waals surface area contributed by atoms with Crippen molar-refractivity contribution in [2.45, 2.75) is 72.9 Å².